The number of rotatable bonds is 6. The SMILES string of the molecule is F[B-](F)(F)F.F[B-](F)(F)F.[Pd+2].c1ccc(Cn2cc(-c3ccccn3)nn2)nc1.c1ccc(Cn2cc(-c3ccccn3)nn2)nc1. The molecule has 0 spiro atoms. The first-order valence-corrected chi connectivity index (χ1v) is 13.0. The van der Waals surface area contributed by atoms with E-state index in [2.05, 4.69) is 40.6 Å². The molecule has 0 atom stereocenters. The van der Waals surface area contributed by atoms with Crippen LogP contribution in [0.5, 0.6) is 0 Å². The summed E-state index contributed by atoms with van der Waals surface area (Å²) in [6.45, 7) is 1.22. The fourth-order valence-corrected chi connectivity index (χ4v) is 3.33. The molecule has 0 N–H and O–H groups in total. The van der Waals surface area contributed by atoms with Crippen LogP contribution < -0.4 is 0 Å². The average Bonchev–Trinajstić information content (AvgIpc) is 3.68. The second-order valence-corrected chi connectivity index (χ2v) is 8.66. The van der Waals surface area contributed by atoms with E-state index >= 15 is 0 Å². The molecule has 0 fully saturated rings. The van der Waals surface area contributed by atoms with Gasteiger partial charge in [0.2, 0.25) is 0 Å². The molecule has 0 saturated heterocycles. The summed E-state index contributed by atoms with van der Waals surface area (Å²) in [7, 11) is -12.0. The van der Waals surface area contributed by atoms with E-state index in [1.807, 2.05) is 85.2 Å². The quantitative estimate of drug-likeness (QED) is 0.147. The second kappa shape index (κ2) is 18.9. The summed E-state index contributed by atoms with van der Waals surface area (Å²) in [5.74, 6) is 0. The summed E-state index contributed by atoms with van der Waals surface area (Å²) in [6.07, 6.45) is 10.8. The fourth-order valence-electron chi connectivity index (χ4n) is 3.33. The number of hydrogen-bond donors (Lipinski definition) is 0. The van der Waals surface area contributed by atoms with E-state index in [4.69, 9.17) is 0 Å². The van der Waals surface area contributed by atoms with Crippen molar-refractivity contribution in [3.8, 4) is 22.8 Å². The Balaban J connectivity index is 0.000000251. The third-order valence-electron chi connectivity index (χ3n) is 5.03. The maximum atomic E-state index is 9.75. The molecule has 0 radical (unpaired) electrons. The summed E-state index contributed by atoms with van der Waals surface area (Å²) in [5, 5.41) is 16.4. The fraction of sp³-hybridized carbons (Fsp3) is 0.0769. The van der Waals surface area contributed by atoms with Crippen LogP contribution in [0.15, 0.2) is 110 Å². The predicted octanol–water partition coefficient (Wildman–Crippen LogP) is 6.16. The molecule has 6 aromatic rings. The van der Waals surface area contributed by atoms with Gasteiger partial charge in [0, 0.05) is 24.8 Å². The van der Waals surface area contributed by atoms with Gasteiger partial charge in [-0.2, -0.15) is 0 Å². The Labute approximate surface area is 276 Å². The van der Waals surface area contributed by atoms with Crippen molar-refractivity contribution in [3.63, 3.8) is 0 Å². The predicted molar refractivity (Wildman–Crippen MR) is 154 cm³/mol. The third-order valence-corrected chi connectivity index (χ3v) is 5.03. The molecule has 21 heteroatoms. The summed E-state index contributed by atoms with van der Waals surface area (Å²) in [6, 6.07) is 23.1. The van der Waals surface area contributed by atoms with Gasteiger partial charge in [0.1, 0.15) is 11.4 Å². The molecule has 0 aliphatic rings. The average molecular weight is 755 g/mol. The second-order valence-electron chi connectivity index (χ2n) is 8.66. The molecule has 10 nitrogen and oxygen atoms in total. The molecule has 0 saturated carbocycles. The largest absolute Gasteiger partial charge is 2.00 e. The molecule has 0 amide bonds. The number of aromatic nitrogens is 10. The van der Waals surface area contributed by atoms with E-state index in [1.54, 1.807) is 34.2 Å². The van der Waals surface area contributed by atoms with Crippen LogP contribution in [0.3, 0.4) is 0 Å². The van der Waals surface area contributed by atoms with Crippen LogP contribution in [0.2, 0.25) is 0 Å². The van der Waals surface area contributed by atoms with E-state index in [0.29, 0.717) is 13.1 Å². The first kappa shape index (κ1) is 38.3. The number of pyridine rings is 4. The minimum Gasteiger partial charge on any atom is -0.418 e. The molecule has 0 unspecified atom stereocenters. The van der Waals surface area contributed by atoms with Gasteiger partial charge in [-0.1, -0.05) is 34.7 Å². The standard InChI is InChI=1S/2C13H11N5.2BF4.Pd/c2*1-3-7-14-11(5-1)9-18-10-13(16-17-18)12-6-2-4-8-15-12;2*2-1(3,4)5;/h2*1-8,10H,9H2;;;/q;;2*-1;+2. The first-order chi connectivity index (χ1) is 21.8. The molecule has 0 aliphatic carbocycles. The van der Waals surface area contributed by atoms with Crippen molar-refractivity contribution in [3.05, 3.63) is 121 Å². The topological polar surface area (TPSA) is 113 Å². The van der Waals surface area contributed by atoms with E-state index in [1.165, 1.54) is 0 Å². The van der Waals surface area contributed by atoms with Crippen LogP contribution in [-0.4, -0.2) is 64.4 Å². The number of hydrogen-bond acceptors (Lipinski definition) is 8. The van der Waals surface area contributed by atoms with Crippen LogP contribution in [-0.2, 0) is 33.5 Å². The normalized spacial score (nSPS) is 10.6. The van der Waals surface area contributed by atoms with Crippen molar-refractivity contribution < 1.29 is 54.9 Å². The van der Waals surface area contributed by atoms with Crippen LogP contribution in [0.4, 0.5) is 34.5 Å². The number of halogens is 8. The summed E-state index contributed by atoms with van der Waals surface area (Å²) < 4.78 is 81.5. The molecule has 0 aromatic carbocycles. The van der Waals surface area contributed by atoms with Gasteiger partial charge in [-0.05, 0) is 48.5 Å². The van der Waals surface area contributed by atoms with Crippen LogP contribution in [0, 0.1) is 0 Å². The van der Waals surface area contributed by atoms with Gasteiger partial charge in [-0.3, -0.25) is 19.9 Å². The van der Waals surface area contributed by atoms with Gasteiger partial charge >= 0.3 is 34.9 Å². The third kappa shape index (κ3) is 16.8. The maximum Gasteiger partial charge on any atom is 2.00 e. The molecule has 0 aliphatic heterocycles. The van der Waals surface area contributed by atoms with Crippen LogP contribution in [0.1, 0.15) is 11.4 Å². The Morgan fingerprint density at radius 3 is 1.04 bits per heavy atom. The summed E-state index contributed by atoms with van der Waals surface area (Å²) in [5.41, 5.74) is 5.09. The van der Waals surface area contributed by atoms with Crippen molar-refractivity contribution in [1.29, 1.82) is 0 Å². The van der Waals surface area contributed by atoms with Crippen molar-refractivity contribution in [2.24, 2.45) is 0 Å². The Kier molecular flexibility index (Phi) is 15.4. The van der Waals surface area contributed by atoms with E-state index in [0.717, 1.165) is 34.2 Å². The smallest absolute Gasteiger partial charge is 0.418 e. The Bertz CT molecular complexity index is 1560. The summed E-state index contributed by atoms with van der Waals surface area (Å²) in [4.78, 5) is 17.0. The molecule has 0 bridgehead atoms. The van der Waals surface area contributed by atoms with Gasteiger partial charge in [-0.15, -0.1) is 10.2 Å². The van der Waals surface area contributed by atoms with Crippen LogP contribution in [0.25, 0.3) is 22.8 Å². The monoisotopic (exact) mass is 754 g/mol. The first-order valence-electron chi connectivity index (χ1n) is 13.0. The number of nitrogens with zero attached hydrogens (tertiary/aromatic N) is 10. The van der Waals surface area contributed by atoms with Gasteiger partial charge in [-0.25, -0.2) is 9.36 Å². The molecular weight excluding hydrogens is 732 g/mol. The van der Waals surface area contributed by atoms with Crippen molar-refractivity contribution >= 4 is 14.5 Å². The van der Waals surface area contributed by atoms with E-state index in [9.17, 15) is 34.5 Å². The molecular formula is C26H22B2F8N10Pd. The minimum atomic E-state index is -6.00. The zero-order chi connectivity index (χ0) is 33.4. The Morgan fingerprint density at radius 2 is 0.766 bits per heavy atom. The van der Waals surface area contributed by atoms with Gasteiger partial charge in [0.05, 0.1) is 48.3 Å². The molecule has 6 rings (SSSR count). The van der Waals surface area contributed by atoms with Gasteiger partial charge < -0.3 is 34.5 Å². The molecule has 248 valence electrons. The van der Waals surface area contributed by atoms with Crippen molar-refractivity contribution in [2.75, 3.05) is 0 Å². The maximum absolute atomic E-state index is 9.75. The minimum absolute atomic E-state index is 0. The Morgan fingerprint density at radius 1 is 0.447 bits per heavy atom. The molecule has 6 heterocycles. The van der Waals surface area contributed by atoms with Crippen LogP contribution >= 0.6 is 0 Å². The van der Waals surface area contributed by atoms with E-state index < -0.39 is 14.5 Å². The van der Waals surface area contributed by atoms with Crippen molar-refractivity contribution in [2.45, 2.75) is 13.1 Å². The zero-order valence-electron chi connectivity index (χ0n) is 23.8. The zero-order valence-corrected chi connectivity index (χ0v) is 25.3. The molecule has 6 aromatic heterocycles. The summed E-state index contributed by atoms with van der Waals surface area (Å²) >= 11 is 0. The Hall–Kier alpha value is -4.89. The van der Waals surface area contributed by atoms with Gasteiger partial charge in [0.25, 0.3) is 0 Å². The van der Waals surface area contributed by atoms with Crippen molar-refractivity contribution in [1.82, 2.24) is 49.9 Å². The molecule has 47 heavy (non-hydrogen) atoms. The van der Waals surface area contributed by atoms with E-state index in [-0.39, 0.29) is 20.4 Å². The van der Waals surface area contributed by atoms with Gasteiger partial charge in [0.15, 0.2) is 0 Å².